The Morgan fingerprint density at radius 2 is 2.06 bits per heavy atom. The van der Waals surface area contributed by atoms with Gasteiger partial charge in [0.25, 0.3) is 5.91 Å². The van der Waals surface area contributed by atoms with Crippen molar-refractivity contribution in [3.8, 4) is 5.75 Å². The molecule has 6 nitrogen and oxygen atoms in total. The van der Waals surface area contributed by atoms with Gasteiger partial charge in [-0.2, -0.15) is 0 Å². The number of thiophene rings is 1. The van der Waals surface area contributed by atoms with Crippen LogP contribution in [0.15, 0.2) is 66.0 Å². The molecule has 170 valence electrons. The highest BCUT2D eigenvalue weighted by atomic mass is 32.1. The van der Waals surface area contributed by atoms with Crippen LogP contribution in [0.2, 0.25) is 0 Å². The van der Waals surface area contributed by atoms with Gasteiger partial charge in [-0.15, -0.1) is 11.3 Å². The normalized spacial score (nSPS) is 22.2. The molecule has 3 atom stereocenters. The Balaban J connectivity index is 1.56. The molecule has 5 rings (SSSR count). The fourth-order valence-corrected chi connectivity index (χ4v) is 5.66. The molecule has 3 unspecified atom stereocenters. The average molecular weight is 463 g/mol. The Hall–Kier alpha value is -3.16. The maximum absolute atomic E-state index is 13.8. The van der Waals surface area contributed by atoms with Crippen molar-refractivity contribution in [2.75, 3.05) is 25.6 Å². The number of carbonyl (C=O) groups is 2. The summed E-state index contributed by atoms with van der Waals surface area (Å²) in [5.41, 5.74) is 1.99. The number of carbonyl (C=O) groups excluding carboxylic acids is 2. The summed E-state index contributed by atoms with van der Waals surface area (Å²) < 4.78 is 11.2. The van der Waals surface area contributed by atoms with E-state index in [9.17, 15) is 9.59 Å². The van der Waals surface area contributed by atoms with E-state index in [1.54, 1.807) is 24.5 Å². The van der Waals surface area contributed by atoms with Crippen LogP contribution in [0.5, 0.6) is 5.75 Å². The van der Waals surface area contributed by atoms with Gasteiger partial charge in [-0.1, -0.05) is 30.3 Å². The van der Waals surface area contributed by atoms with Crippen LogP contribution in [-0.4, -0.2) is 43.1 Å². The van der Waals surface area contributed by atoms with Crippen LogP contribution in [0, 0.1) is 0 Å². The Labute approximate surface area is 197 Å². The van der Waals surface area contributed by atoms with Gasteiger partial charge in [-0.25, -0.2) is 0 Å². The van der Waals surface area contributed by atoms with Crippen molar-refractivity contribution >= 4 is 28.8 Å². The molecule has 0 spiro atoms. The minimum Gasteiger partial charge on any atom is -0.497 e. The summed E-state index contributed by atoms with van der Waals surface area (Å²) in [6, 6.07) is 18.3. The molecule has 2 aromatic carbocycles. The Morgan fingerprint density at radius 3 is 2.82 bits per heavy atom. The first-order valence-electron chi connectivity index (χ1n) is 11.2. The van der Waals surface area contributed by atoms with Gasteiger partial charge in [0.1, 0.15) is 5.75 Å². The largest absolute Gasteiger partial charge is 0.497 e. The molecule has 2 aliphatic rings. The molecule has 1 saturated heterocycles. The Bertz CT molecular complexity index is 1140. The van der Waals surface area contributed by atoms with Crippen molar-refractivity contribution < 1.29 is 19.1 Å². The number of hydrogen-bond donors (Lipinski definition) is 1. The zero-order valence-corrected chi connectivity index (χ0v) is 19.2. The first-order chi connectivity index (χ1) is 16.2. The van der Waals surface area contributed by atoms with Crippen molar-refractivity contribution in [3.63, 3.8) is 0 Å². The highest BCUT2D eigenvalue weighted by Gasteiger charge is 2.45. The Kier molecular flexibility index (Phi) is 6.15. The lowest BCUT2D eigenvalue weighted by molar-refractivity contribution is -0.119. The third-order valence-corrected chi connectivity index (χ3v) is 7.26. The van der Waals surface area contributed by atoms with E-state index in [1.807, 2.05) is 64.9 Å². The molecule has 0 radical (unpaired) electrons. The summed E-state index contributed by atoms with van der Waals surface area (Å²) in [6.07, 6.45) is 1.90. The number of fused-ring (bicyclic) bond motifs is 1. The maximum Gasteiger partial charge on any atom is 0.254 e. The molecule has 1 fully saturated rings. The van der Waals surface area contributed by atoms with Gasteiger partial charge in [0.05, 0.1) is 25.2 Å². The van der Waals surface area contributed by atoms with Gasteiger partial charge in [0.2, 0.25) is 5.91 Å². The third kappa shape index (κ3) is 4.26. The minimum absolute atomic E-state index is 0.0104. The number of methoxy groups -OCH3 is 1. The van der Waals surface area contributed by atoms with E-state index in [-0.39, 0.29) is 17.9 Å². The molecular formula is C26H26N2O4S. The molecule has 0 aliphatic carbocycles. The van der Waals surface area contributed by atoms with Gasteiger partial charge in [0.15, 0.2) is 0 Å². The Morgan fingerprint density at radius 1 is 1.18 bits per heavy atom. The number of amides is 2. The van der Waals surface area contributed by atoms with Gasteiger partial charge < -0.3 is 19.7 Å². The van der Waals surface area contributed by atoms with Gasteiger partial charge in [0, 0.05) is 35.3 Å². The maximum atomic E-state index is 13.8. The highest BCUT2D eigenvalue weighted by Crippen LogP contribution is 2.45. The van der Waals surface area contributed by atoms with Crippen molar-refractivity contribution in [1.29, 1.82) is 0 Å². The summed E-state index contributed by atoms with van der Waals surface area (Å²) in [5.74, 6) is -0.0872. The lowest BCUT2D eigenvalue weighted by atomic mass is 9.81. The molecule has 7 heteroatoms. The van der Waals surface area contributed by atoms with Crippen molar-refractivity contribution in [1.82, 2.24) is 4.90 Å². The quantitative estimate of drug-likeness (QED) is 0.568. The van der Waals surface area contributed by atoms with E-state index >= 15 is 0 Å². The lowest BCUT2D eigenvalue weighted by Crippen LogP contribution is -2.48. The van der Waals surface area contributed by atoms with Gasteiger partial charge >= 0.3 is 0 Å². The standard InChI is InChI=1S/C26H26N2O4S/c1-31-18-8-4-7-17(15-18)27-25(29)23-20-10-2-3-11-21(20)26(30)28(16-19-9-5-13-32-19)24(23)22-12-6-14-33-22/h2-4,6-8,10-12,14-15,19,23-24H,5,9,13,16H2,1H3,(H,27,29). The van der Waals surface area contributed by atoms with Crippen molar-refractivity contribution in [3.05, 3.63) is 82.0 Å². The molecule has 0 saturated carbocycles. The fraction of sp³-hybridized carbons (Fsp3) is 0.308. The highest BCUT2D eigenvalue weighted by molar-refractivity contribution is 7.10. The molecule has 2 aliphatic heterocycles. The molecule has 3 heterocycles. The predicted octanol–water partition coefficient (Wildman–Crippen LogP) is 4.86. The molecule has 2 amide bonds. The number of benzene rings is 2. The molecule has 1 aromatic heterocycles. The number of nitrogens with zero attached hydrogens (tertiary/aromatic N) is 1. The molecule has 0 bridgehead atoms. The minimum atomic E-state index is -0.551. The van der Waals surface area contributed by atoms with E-state index in [2.05, 4.69) is 5.32 Å². The van der Waals surface area contributed by atoms with E-state index in [1.165, 1.54) is 0 Å². The monoisotopic (exact) mass is 462 g/mol. The smallest absolute Gasteiger partial charge is 0.254 e. The predicted molar refractivity (Wildman–Crippen MR) is 128 cm³/mol. The van der Waals surface area contributed by atoms with E-state index in [4.69, 9.17) is 9.47 Å². The lowest BCUT2D eigenvalue weighted by Gasteiger charge is -2.42. The van der Waals surface area contributed by atoms with Crippen LogP contribution in [0.3, 0.4) is 0 Å². The summed E-state index contributed by atoms with van der Waals surface area (Å²) in [4.78, 5) is 30.3. The summed E-state index contributed by atoms with van der Waals surface area (Å²) >= 11 is 1.57. The zero-order chi connectivity index (χ0) is 22.8. The van der Waals surface area contributed by atoms with Gasteiger partial charge in [-0.3, -0.25) is 9.59 Å². The molecule has 1 N–H and O–H groups in total. The SMILES string of the molecule is COc1cccc(NC(=O)C2c3ccccc3C(=O)N(CC3CCCO3)C2c2cccs2)c1. The topological polar surface area (TPSA) is 67.9 Å². The average Bonchev–Trinajstić information content (AvgIpc) is 3.55. The summed E-state index contributed by atoms with van der Waals surface area (Å²) in [7, 11) is 1.60. The molecular weight excluding hydrogens is 436 g/mol. The van der Waals surface area contributed by atoms with Crippen LogP contribution in [0.25, 0.3) is 0 Å². The molecule has 33 heavy (non-hydrogen) atoms. The summed E-state index contributed by atoms with van der Waals surface area (Å²) in [6.45, 7) is 1.19. The van der Waals surface area contributed by atoms with Crippen LogP contribution in [-0.2, 0) is 9.53 Å². The zero-order valence-electron chi connectivity index (χ0n) is 18.4. The van der Waals surface area contributed by atoms with Crippen LogP contribution in [0.4, 0.5) is 5.69 Å². The van der Waals surface area contributed by atoms with E-state index < -0.39 is 12.0 Å². The van der Waals surface area contributed by atoms with Gasteiger partial charge in [-0.05, 0) is 48.1 Å². The first kappa shape index (κ1) is 21.7. The van der Waals surface area contributed by atoms with Crippen molar-refractivity contribution in [2.24, 2.45) is 0 Å². The van der Waals surface area contributed by atoms with E-state index in [0.717, 1.165) is 23.3 Å². The first-order valence-corrected chi connectivity index (χ1v) is 12.0. The van der Waals surface area contributed by atoms with Crippen LogP contribution < -0.4 is 10.1 Å². The van der Waals surface area contributed by atoms with E-state index in [0.29, 0.717) is 30.2 Å². The second-order valence-corrected chi connectivity index (χ2v) is 9.32. The number of rotatable bonds is 6. The molecule has 3 aromatic rings. The van der Waals surface area contributed by atoms with Crippen LogP contribution >= 0.6 is 11.3 Å². The third-order valence-electron chi connectivity index (χ3n) is 6.32. The number of nitrogens with one attached hydrogen (secondary N) is 1. The second kappa shape index (κ2) is 9.37. The van der Waals surface area contributed by atoms with Crippen molar-refractivity contribution in [2.45, 2.75) is 30.9 Å². The summed E-state index contributed by atoms with van der Waals surface area (Å²) in [5, 5.41) is 5.05. The fourth-order valence-electron chi connectivity index (χ4n) is 4.78. The van der Waals surface area contributed by atoms with Crippen LogP contribution in [0.1, 0.15) is 45.6 Å². The number of ether oxygens (including phenoxy) is 2. The second-order valence-electron chi connectivity index (χ2n) is 8.34. The number of hydrogen-bond acceptors (Lipinski definition) is 5. The number of anilines is 1.